The lowest BCUT2D eigenvalue weighted by Crippen LogP contribution is -2.53. The van der Waals surface area contributed by atoms with Crippen LogP contribution in [-0.2, 0) is 32.0 Å². The molecule has 1 heterocycles. The topological polar surface area (TPSA) is 162 Å². The molecule has 35 heavy (non-hydrogen) atoms. The van der Waals surface area contributed by atoms with Gasteiger partial charge in [-0.2, -0.15) is 0 Å². The Morgan fingerprint density at radius 1 is 1.00 bits per heavy atom. The van der Waals surface area contributed by atoms with Gasteiger partial charge in [0.1, 0.15) is 17.8 Å². The molecule has 3 rings (SSSR count). The molecule has 2 aromatic rings. The van der Waals surface area contributed by atoms with Crippen molar-refractivity contribution < 1.29 is 29.4 Å². The summed E-state index contributed by atoms with van der Waals surface area (Å²) in [5.74, 6) is -2.55. The third-order valence-corrected chi connectivity index (χ3v) is 5.89. The highest BCUT2D eigenvalue weighted by Gasteiger charge is 2.36. The highest BCUT2D eigenvalue weighted by Crippen LogP contribution is 2.19. The van der Waals surface area contributed by atoms with Gasteiger partial charge in [0.25, 0.3) is 0 Å². The number of phenols is 1. The van der Waals surface area contributed by atoms with Gasteiger partial charge in [-0.1, -0.05) is 42.5 Å². The summed E-state index contributed by atoms with van der Waals surface area (Å²) in [6.07, 6.45) is 1.43. The fourth-order valence-corrected chi connectivity index (χ4v) is 4.07. The minimum atomic E-state index is -1.18. The average molecular weight is 483 g/mol. The molecule has 1 saturated heterocycles. The molecule has 3 atom stereocenters. The van der Waals surface area contributed by atoms with Crippen LogP contribution in [0.5, 0.6) is 5.75 Å². The van der Waals surface area contributed by atoms with Gasteiger partial charge < -0.3 is 31.5 Å². The van der Waals surface area contributed by atoms with Crippen LogP contribution >= 0.6 is 0 Å². The molecule has 3 unspecified atom stereocenters. The maximum Gasteiger partial charge on any atom is 0.326 e. The zero-order valence-electron chi connectivity index (χ0n) is 19.2. The van der Waals surface area contributed by atoms with E-state index in [1.807, 2.05) is 6.07 Å². The number of hydrogen-bond acceptors (Lipinski definition) is 6. The zero-order valence-corrected chi connectivity index (χ0v) is 19.2. The first-order valence-electron chi connectivity index (χ1n) is 11.4. The number of aromatic hydroxyl groups is 1. The van der Waals surface area contributed by atoms with Crippen molar-refractivity contribution >= 4 is 23.7 Å². The van der Waals surface area contributed by atoms with Crippen molar-refractivity contribution in [2.75, 3.05) is 13.1 Å². The fraction of sp³-hybridized carbons (Fsp3) is 0.360. The molecule has 3 amide bonds. The number of likely N-dealkylation sites (tertiary alicyclic amines) is 1. The van der Waals surface area contributed by atoms with Crippen molar-refractivity contribution in [1.82, 2.24) is 15.5 Å². The number of rotatable bonds is 10. The molecule has 0 saturated carbocycles. The van der Waals surface area contributed by atoms with E-state index in [1.165, 1.54) is 17.0 Å². The number of aliphatic carboxylic acids is 1. The predicted octanol–water partition coefficient (Wildman–Crippen LogP) is 0.181. The van der Waals surface area contributed by atoms with Gasteiger partial charge in [-0.3, -0.25) is 14.4 Å². The summed E-state index contributed by atoms with van der Waals surface area (Å²) in [4.78, 5) is 50.9. The molecule has 0 spiro atoms. The Balaban J connectivity index is 1.51. The summed E-state index contributed by atoms with van der Waals surface area (Å²) in [5, 5.41) is 23.7. The number of carbonyl (C=O) groups is 4. The highest BCUT2D eigenvalue weighted by molar-refractivity contribution is 5.93. The number of hydrogen-bond donors (Lipinski definition) is 5. The molecule has 1 aliphatic rings. The van der Waals surface area contributed by atoms with E-state index in [2.05, 4.69) is 10.6 Å². The van der Waals surface area contributed by atoms with Gasteiger partial charge in [0.2, 0.25) is 17.7 Å². The van der Waals surface area contributed by atoms with Gasteiger partial charge in [0, 0.05) is 13.0 Å². The first-order chi connectivity index (χ1) is 16.7. The number of amides is 3. The first-order valence-corrected chi connectivity index (χ1v) is 11.4. The number of phenolic OH excluding ortho intramolecular Hbond substituents is 1. The lowest BCUT2D eigenvalue weighted by Gasteiger charge is -2.26. The Labute approximate surface area is 203 Å². The van der Waals surface area contributed by atoms with Crippen LogP contribution in [0.25, 0.3) is 0 Å². The molecular weight excluding hydrogens is 452 g/mol. The quantitative estimate of drug-likeness (QED) is 0.323. The van der Waals surface area contributed by atoms with Gasteiger partial charge in [-0.15, -0.1) is 0 Å². The third kappa shape index (κ3) is 7.28. The molecule has 0 aliphatic carbocycles. The Morgan fingerprint density at radius 3 is 2.31 bits per heavy atom. The van der Waals surface area contributed by atoms with Gasteiger partial charge >= 0.3 is 5.97 Å². The normalized spacial score (nSPS) is 16.8. The van der Waals surface area contributed by atoms with Crippen LogP contribution in [-0.4, -0.2) is 70.0 Å². The van der Waals surface area contributed by atoms with Crippen molar-refractivity contribution in [3.05, 3.63) is 65.7 Å². The molecule has 10 nitrogen and oxygen atoms in total. The number of benzene rings is 2. The molecule has 0 radical (unpaired) electrons. The number of carboxylic acids is 1. The zero-order chi connectivity index (χ0) is 25.4. The van der Waals surface area contributed by atoms with Crippen molar-refractivity contribution in [3.8, 4) is 5.75 Å². The van der Waals surface area contributed by atoms with E-state index in [9.17, 15) is 29.4 Å². The highest BCUT2D eigenvalue weighted by atomic mass is 16.4. The number of nitrogens with two attached hydrogens (primary N) is 1. The number of carboxylic acid groups (broad SMARTS) is 1. The first kappa shape index (κ1) is 25.7. The van der Waals surface area contributed by atoms with E-state index in [0.717, 1.165) is 11.1 Å². The Kier molecular flexibility index (Phi) is 8.80. The minimum Gasteiger partial charge on any atom is -0.508 e. The predicted molar refractivity (Wildman–Crippen MR) is 127 cm³/mol. The third-order valence-electron chi connectivity index (χ3n) is 5.89. The van der Waals surface area contributed by atoms with E-state index in [4.69, 9.17) is 5.73 Å². The Morgan fingerprint density at radius 2 is 1.66 bits per heavy atom. The van der Waals surface area contributed by atoms with Gasteiger partial charge in [-0.25, -0.2) is 4.79 Å². The van der Waals surface area contributed by atoms with Crippen LogP contribution in [0.4, 0.5) is 0 Å². The van der Waals surface area contributed by atoms with Crippen molar-refractivity contribution in [3.63, 3.8) is 0 Å². The lowest BCUT2D eigenvalue weighted by molar-refractivity contribution is -0.142. The second kappa shape index (κ2) is 12.0. The average Bonchev–Trinajstić information content (AvgIpc) is 3.33. The number of nitrogens with one attached hydrogen (secondary N) is 2. The SMILES string of the molecule is NC(Cc1ccc(O)cc1)C(=O)N1CCCC1C(=O)NCC(=O)NC(Cc1ccccc1)C(=O)O. The summed E-state index contributed by atoms with van der Waals surface area (Å²) >= 11 is 0. The monoisotopic (exact) mass is 482 g/mol. The molecule has 0 bridgehead atoms. The summed E-state index contributed by atoms with van der Waals surface area (Å²) in [5.41, 5.74) is 7.63. The minimum absolute atomic E-state index is 0.111. The van der Waals surface area contributed by atoms with Gasteiger partial charge in [-0.05, 0) is 42.5 Å². The van der Waals surface area contributed by atoms with E-state index < -0.39 is 42.5 Å². The van der Waals surface area contributed by atoms with Crippen LogP contribution in [0.2, 0.25) is 0 Å². The van der Waals surface area contributed by atoms with Crippen LogP contribution < -0.4 is 16.4 Å². The van der Waals surface area contributed by atoms with Crippen molar-refractivity contribution in [2.24, 2.45) is 5.73 Å². The second-order valence-electron chi connectivity index (χ2n) is 8.53. The van der Waals surface area contributed by atoms with E-state index in [-0.39, 0.29) is 24.5 Å². The Hall–Kier alpha value is -3.92. The van der Waals surface area contributed by atoms with Crippen molar-refractivity contribution in [1.29, 1.82) is 0 Å². The molecule has 1 aliphatic heterocycles. The maximum absolute atomic E-state index is 12.9. The maximum atomic E-state index is 12.9. The number of nitrogens with zero attached hydrogens (tertiary/aromatic N) is 1. The van der Waals surface area contributed by atoms with Crippen LogP contribution in [0.3, 0.4) is 0 Å². The smallest absolute Gasteiger partial charge is 0.326 e. The van der Waals surface area contributed by atoms with Crippen LogP contribution in [0.15, 0.2) is 54.6 Å². The second-order valence-corrected chi connectivity index (χ2v) is 8.53. The summed E-state index contributed by atoms with van der Waals surface area (Å²) < 4.78 is 0. The van der Waals surface area contributed by atoms with Crippen molar-refractivity contribution in [2.45, 2.75) is 43.8 Å². The molecule has 6 N–H and O–H groups in total. The molecule has 2 aromatic carbocycles. The molecule has 186 valence electrons. The van der Waals surface area contributed by atoms with E-state index in [1.54, 1.807) is 36.4 Å². The fourth-order valence-electron chi connectivity index (χ4n) is 4.07. The summed E-state index contributed by atoms with van der Waals surface area (Å²) in [6, 6.07) is 12.5. The van der Waals surface area contributed by atoms with E-state index >= 15 is 0 Å². The largest absolute Gasteiger partial charge is 0.508 e. The molecule has 0 aromatic heterocycles. The molecular formula is C25H30N4O6. The molecule has 10 heteroatoms. The van der Waals surface area contributed by atoms with Crippen LogP contribution in [0.1, 0.15) is 24.0 Å². The standard InChI is InChI=1S/C25H30N4O6/c26-19(13-17-8-10-18(30)11-9-17)24(33)29-12-4-7-21(29)23(32)27-15-22(31)28-20(25(34)35)14-16-5-2-1-3-6-16/h1-3,5-6,8-11,19-21,30H,4,7,12-15,26H2,(H,27,32)(H,28,31)(H,34,35). The van der Waals surface area contributed by atoms with E-state index in [0.29, 0.717) is 19.4 Å². The lowest BCUT2D eigenvalue weighted by atomic mass is 10.0. The van der Waals surface area contributed by atoms with Crippen LogP contribution in [0, 0.1) is 0 Å². The Bertz CT molecular complexity index is 1040. The van der Waals surface area contributed by atoms with Gasteiger partial charge in [0.15, 0.2) is 0 Å². The molecule has 1 fully saturated rings. The summed E-state index contributed by atoms with van der Waals surface area (Å²) in [7, 11) is 0. The summed E-state index contributed by atoms with van der Waals surface area (Å²) in [6.45, 7) is -0.0277. The van der Waals surface area contributed by atoms with Gasteiger partial charge in [0.05, 0.1) is 12.6 Å². The number of carbonyl (C=O) groups excluding carboxylic acids is 3.